The van der Waals surface area contributed by atoms with Crippen LogP contribution in [-0.4, -0.2) is 13.2 Å². The molecule has 0 radical (unpaired) electrons. The first-order valence-corrected chi connectivity index (χ1v) is 8.68. The SMILES string of the molecule is COc1cc(Br)cc(C)c1NC1C(C)(C)[C@H]2CC[C@]1(C)C2. The van der Waals surface area contributed by atoms with Crippen molar-refractivity contribution in [2.75, 3.05) is 12.4 Å². The fourth-order valence-electron chi connectivity index (χ4n) is 4.86. The largest absolute Gasteiger partial charge is 0.495 e. The maximum atomic E-state index is 5.61. The normalized spacial score (nSPS) is 33.2. The van der Waals surface area contributed by atoms with Crippen LogP contribution in [0.1, 0.15) is 45.6 Å². The zero-order valence-corrected chi connectivity index (χ0v) is 15.3. The molecule has 0 aromatic heterocycles. The molecule has 2 aliphatic carbocycles. The van der Waals surface area contributed by atoms with Crippen LogP contribution >= 0.6 is 15.9 Å². The highest BCUT2D eigenvalue weighted by Crippen LogP contribution is 2.63. The van der Waals surface area contributed by atoms with Crippen LogP contribution in [0.25, 0.3) is 0 Å². The van der Waals surface area contributed by atoms with E-state index in [4.69, 9.17) is 4.74 Å². The molecule has 0 spiro atoms. The number of anilines is 1. The van der Waals surface area contributed by atoms with E-state index in [0.717, 1.165) is 21.8 Å². The third-order valence-electron chi connectivity index (χ3n) is 6.04. The van der Waals surface area contributed by atoms with Crippen molar-refractivity contribution in [3.8, 4) is 5.75 Å². The summed E-state index contributed by atoms with van der Waals surface area (Å²) < 4.78 is 6.68. The first-order chi connectivity index (χ1) is 9.78. The number of ether oxygens (including phenoxy) is 1. The summed E-state index contributed by atoms with van der Waals surface area (Å²) in [4.78, 5) is 0. The minimum atomic E-state index is 0.345. The van der Waals surface area contributed by atoms with Gasteiger partial charge in [0.05, 0.1) is 12.8 Å². The maximum Gasteiger partial charge on any atom is 0.143 e. The summed E-state index contributed by atoms with van der Waals surface area (Å²) >= 11 is 3.56. The number of hydrogen-bond acceptors (Lipinski definition) is 2. The summed E-state index contributed by atoms with van der Waals surface area (Å²) in [6, 6.07) is 4.73. The van der Waals surface area contributed by atoms with Crippen LogP contribution in [0.4, 0.5) is 5.69 Å². The highest BCUT2D eigenvalue weighted by atomic mass is 79.9. The molecule has 2 fully saturated rings. The van der Waals surface area contributed by atoms with Crippen LogP contribution in [0, 0.1) is 23.7 Å². The highest BCUT2D eigenvalue weighted by Gasteiger charge is 2.59. The van der Waals surface area contributed by atoms with Crippen LogP contribution in [0.5, 0.6) is 5.75 Å². The standard InChI is InChI=1S/C18H26BrNO/c1-11-8-13(19)9-14(21-5)15(11)20-16-17(2,3)12-6-7-18(16,4)10-12/h8-9,12,16,20H,6-7,10H2,1-5H3/t12-,16?,18+/m0/s1. The zero-order chi connectivity index (χ0) is 15.4. The minimum Gasteiger partial charge on any atom is -0.495 e. The van der Waals surface area contributed by atoms with Gasteiger partial charge >= 0.3 is 0 Å². The van der Waals surface area contributed by atoms with Gasteiger partial charge in [0.15, 0.2) is 0 Å². The van der Waals surface area contributed by atoms with E-state index in [-0.39, 0.29) is 0 Å². The van der Waals surface area contributed by atoms with Gasteiger partial charge in [-0.15, -0.1) is 0 Å². The van der Waals surface area contributed by atoms with Gasteiger partial charge < -0.3 is 10.1 Å². The van der Waals surface area contributed by atoms with Crippen molar-refractivity contribution in [3.05, 3.63) is 22.2 Å². The number of halogens is 1. The van der Waals surface area contributed by atoms with E-state index in [9.17, 15) is 0 Å². The summed E-state index contributed by atoms with van der Waals surface area (Å²) in [7, 11) is 1.75. The van der Waals surface area contributed by atoms with E-state index in [1.807, 2.05) is 0 Å². The Hall–Kier alpha value is -0.700. The van der Waals surface area contributed by atoms with Gasteiger partial charge in [-0.2, -0.15) is 0 Å². The lowest BCUT2D eigenvalue weighted by atomic mass is 9.68. The molecule has 3 heteroatoms. The second kappa shape index (κ2) is 4.91. The summed E-state index contributed by atoms with van der Waals surface area (Å²) in [5.74, 6) is 1.78. The van der Waals surface area contributed by atoms with Crippen molar-refractivity contribution in [2.24, 2.45) is 16.7 Å². The predicted octanol–water partition coefficient (Wildman–Crippen LogP) is 5.39. The van der Waals surface area contributed by atoms with Crippen molar-refractivity contribution in [1.82, 2.24) is 0 Å². The molecule has 2 saturated carbocycles. The molecular weight excluding hydrogens is 326 g/mol. The monoisotopic (exact) mass is 351 g/mol. The molecule has 3 atom stereocenters. The number of fused-ring (bicyclic) bond motifs is 2. The number of nitrogens with one attached hydrogen (secondary N) is 1. The maximum absolute atomic E-state index is 5.61. The molecule has 2 aliphatic rings. The average Bonchev–Trinajstić information content (AvgIpc) is 2.87. The molecule has 2 nitrogen and oxygen atoms in total. The fourth-order valence-corrected chi connectivity index (χ4v) is 5.42. The van der Waals surface area contributed by atoms with Gasteiger partial charge in [0.1, 0.15) is 5.75 Å². The lowest BCUT2D eigenvalue weighted by Crippen LogP contribution is -2.46. The third-order valence-corrected chi connectivity index (χ3v) is 6.50. The Morgan fingerprint density at radius 2 is 2.00 bits per heavy atom. The van der Waals surface area contributed by atoms with E-state index in [1.165, 1.54) is 24.8 Å². The molecule has 1 N–H and O–H groups in total. The van der Waals surface area contributed by atoms with E-state index < -0.39 is 0 Å². The Balaban J connectivity index is 1.97. The molecule has 3 rings (SSSR count). The number of benzene rings is 1. The minimum absolute atomic E-state index is 0.345. The molecule has 21 heavy (non-hydrogen) atoms. The Labute approximate surface area is 136 Å². The Bertz CT molecular complexity index is 564. The Morgan fingerprint density at radius 3 is 2.57 bits per heavy atom. The van der Waals surface area contributed by atoms with Crippen LogP contribution in [0.15, 0.2) is 16.6 Å². The summed E-state index contributed by atoms with van der Waals surface area (Å²) in [6.07, 6.45) is 4.09. The number of aryl methyl sites for hydroxylation is 1. The van der Waals surface area contributed by atoms with Crippen molar-refractivity contribution in [2.45, 2.75) is 53.0 Å². The molecular formula is C18H26BrNO. The molecule has 2 bridgehead atoms. The molecule has 0 amide bonds. The zero-order valence-electron chi connectivity index (χ0n) is 13.7. The third kappa shape index (κ3) is 2.28. The van der Waals surface area contributed by atoms with Crippen LogP contribution < -0.4 is 10.1 Å². The molecule has 0 aliphatic heterocycles. The van der Waals surface area contributed by atoms with Crippen molar-refractivity contribution in [1.29, 1.82) is 0 Å². The molecule has 1 aromatic rings. The van der Waals surface area contributed by atoms with Crippen molar-refractivity contribution < 1.29 is 4.74 Å². The van der Waals surface area contributed by atoms with E-state index in [0.29, 0.717) is 16.9 Å². The van der Waals surface area contributed by atoms with E-state index in [1.54, 1.807) is 7.11 Å². The van der Waals surface area contributed by atoms with Crippen LogP contribution in [0.2, 0.25) is 0 Å². The number of methoxy groups -OCH3 is 1. The molecule has 0 heterocycles. The smallest absolute Gasteiger partial charge is 0.143 e. The molecule has 116 valence electrons. The molecule has 0 saturated heterocycles. The van der Waals surface area contributed by atoms with Crippen molar-refractivity contribution in [3.63, 3.8) is 0 Å². The number of rotatable bonds is 3. The molecule has 1 aromatic carbocycles. The summed E-state index contributed by atoms with van der Waals surface area (Å²) in [5, 5.41) is 3.87. The highest BCUT2D eigenvalue weighted by molar-refractivity contribution is 9.10. The second-order valence-corrected chi connectivity index (χ2v) is 8.71. The summed E-state index contributed by atoms with van der Waals surface area (Å²) in [5.41, 5.74) is 3.16. The van der Waals surface area contributed by atoms with Crippen LogP contribution in [-0.2, 0) is 0 Å². The van der Waals surface area contributed by atoms with Gasteiger partial charge in [-0.05, 0) is 60.6 Å². The number of hydrogen-bond donors (Lipinski definition) is 1. The topological polar surface area (TPSA) is 21.3 Å². The summed E-state index contributed by atoms with van der Waals surface area (Å²) in [6.45, 7) is 9.47. The molecule has 1 unspecified atom stereocenters. The quantitative estimate of drug-likeness (QED) is 0.787. The first kappa shape index (κ1) is 15.2. The predicted molar refractivity (Wildman–Crippen MR) is 92.1 cm³/mol. The van der Waals surface area contributed by atoms with Crippen molar-refractivity contribution >= 4 is 21.6 Å². The van der Waals surface area contributed by atoms with Gasteiger partial charge in [0.2, 0.25) is 0 Å². The first-order valence-electron chi connectivity index (χ1n) is 7.88. The van der Waals surface area contributed by atoms with E-state index in [2.05, 4.69) is 61.1 Å². The Kier molecular flexibility index (Phi) is 3.55. The average molecular weight is 352 g/mol. The van der Waals surface area contributed by atoms with Gasteiger partial charge in [0, 0.05) is 10.5 Å². The lowest BCUT2D eigenvalue weighted by molar-refractivity contribution is 0.155. The fraction of sp³-hybridized carbons (Fsp3) is 0.667. The Morgan fingerprint density at radius 1 is 1.29 bits per heavy atom. The second-order valence-electron chi connectivity index (χ2n) is 7.79. The lowest BCUT2D eigenvalue weighted by Gasteiger charge is -2.44. The van der Waals surface area contributed by atoms with Gasteiger partial charge in [-0.25, -0.2) is 0 Å². The van der Waals surface area contributed by atoms with Gasteiger partial charge in [-0.1, -0.05) is 36.7 Å². The van der Waals surface area contributed by atoms with Gasteiger partial charge in [0.25, 0.3) is 0 Å². The van der Waals surface area contributed by atoms with E-state index >= 15 is 0 Å². The van der Waals surface area contributed by atoms with Gasteiger partial charge in [-0.3, -0.25) is 0 Å². The van der Waals surface area contributed by atoms with Crippen LogP contribution in [0.3, 0.4) is 0 Å².